The van der Waals surface area contributed by atoms with Gasteiger partial charge in [0.15, 0.2) is 11.6 Å². The van der Waals surface area contributed by atoms with Crippen molar-refractivity contribution in [2.75, 3.05) is 18.0 Å². The van der Waals surface area contributed by atoms with Gasteiger partial charge in [0.2, 0.25) is 0 Å². The Kier molecular flexibility index (Phi) is 2.96. The molecule has 2 heterocycles. The van der Waals surface area contributed by atoms with Crippen LogP contribution in [0.2, 0.25) is 5.02 Å². The fourth-order valence-electron chi connectivity index (χ4n) is 1.79. The number of halogens is 2. The first-order valence-corrected chi connectivity index (χ1v) is 5.24. The molecule has 1 aromatic heterocycles. The smallest absolute Gasteiger partial charge is 0.308 e. The Labute approximate surface area is 96.7 Å². The van der Waals surface area contributed by atoms with Crippen molar-refractivity contribution in [1.82, 2.24) is 4.98 Å². The second-order valence-electron chi connectivity index (χ2n) is 3.73. The molecule has 0 radical (unpaired) electrons. The Morgan fingerprint density at radius 1 is 1.69 bits per heavy atom. The van der Waals surface area contributed by atoms with Crippen LogP contribution in [0.15, 0.2) is 12.3 Å². The predicted octanol–water partition coefficient (Wildman–Crippen LogP) is 1.78. The molecule has 0 aromatic carbocycles. The first-order chi connectivity index (χ1) is 7.58. The highest BCUT2D eigenvalue weighted by Crippen LogP contribution is 2.25. The number of aliphatic carboxylic acids is 1. The fourth-order valence-corrected chi connectivity index (χ4v) is 1.94. The van der Waals surface area contributed by atoms with Gasteiger partial charge >= 0.3 is 5.97 Å². The highest BCUT2D eigenvalue weighted by Gasteiger charge is 2.29. The number of hydrogen-bond donors (Lipinski definition) is 1. The van der Waals surface area contributed by atoms with Crippen LogP contribution in [0.4, 0.5) is 10.2 Å². The molecule has 1 fully saturated rings. The van der Waals surface area contributed by atoms with E-state index in [1.54, 1.807) is 4.90 Å². The van der Waals surface area contributed by atoms with Gasteiger partial charge in [-0.15, -0.1) is 0 Å². The summed E-state index contributed by atoms with van der Waals surface area (Å²) < 4.78 is 13.5. The van der Waals surface area contributed by atoms with E-state index in [-0.39, 0.29) is 10.8 Å². The molecule has 0 bridgehead atoms. The molecule has 1 atom stereocenters. The lowest BCUT2D eigenvalue weighted by Gasteiger charge is -2.17. The largest absolute Gasteiger partial charge is 0.481 e. The number of aromatic nitrogens is 1. The molecule has 16 heavy (non-hydrogen) atoms. The highest BCUT2D eigenvalue weighted by atomic mass is 35.5. The molecule has 4 nitrogen and oxygen atoms in total. The van der Waals surface area contributed by atoms with Crippen molar-refractivity contribution in [2.24, 2.45) is 5.92 Å². The average Bonchev–Trinajstić information content (AvgIpc) is 2.66. The van der Waals surface area contributed by atoms with Crippen molar-refractivity contribution in [2.45, 2.75) is 6.42 Å². The summed E-state index contributed by atoms with van der Waals surface area (Å²) in [6, 6.07) is 1.18. The van der Waals surface area contributed by atoms with Gasteiger partial charge in [-0.3, -0.25) is 4.79 Å². The topological polar surface area (TPSA) is 53.4 Å². The molecule has 1 aliphatic heterocycles. The second kappa shape index (κ2) is 4.25. The number of pyridine rings is 1. The van der Waals surface area contributed by atoms with Crippen LogP contribution in [0.25, 0.3) is 0 Å². The summed E-state index contributed by atoms with van der Waals surface area (Å²) in [6.45, 7) is 0.795. The Morgan fingerprint density at radius 2 is 2.44 bits per heavy atom. The van der Waals surface area contributed by atoms with Gasteiger partial charge in [-0.2, -0.15) is 0 Å². The number of anilines is 1. The summed E-state index contributed by atoms with van der Waals surface area (Å²) in [4.78, 5) is 16.3. The zero-order chi connectivity index (χ0) is 11.7. The van der Waals surface area contributed by atoms with Crippen LogP contribution in [0, 0.1) is 11.7 Å². The third-order valence-corrected chi connectivity index (χ3v) is 2.83. The third kappa shape index (κ3) is 2.09. The van der Waals surface area contributed by atoms with E-state index in [4.69, 9.17) is 16.7 Å². The molecule has 0 aliphatic carbocycles. The first kappa shape index (κ1) is 11.1. The van der Waals surface area contributed by atoms with E-state index in [0.29, 0.717) is 19.5 Å². The fraction of sp³-hybridized carbons (Fsp3) is 0.400. The SMILES string of the molecule is O=C(O)C1CCN(c2ncc(Cl)cc2F)C1. The van der Waals surface area contributed by atoms with Gasteiger partial charge in [0.25, 0.3) is 0 Å². The van der Waals surface area contributed by atoms with Crippen LogP contribution in [-0.2, 0) is 4.79 Å². The predicted molar refractivity (Wildman–Crippen MR) is 57.2 cm³/mol. The van der Waals surface area contributed by atoms with E-state index >= 15 is 0 Å². The summed E-state index contributed by atoms with van der Waals surface area (Å²) in [6.07, 6.45) is 1.87. The van der Waals surface area contributed by atoms with E-state index in [2.05, 4.69) is 4.98 Å². The number of carbonyl (C=O) groups is 1. The second-order valence-corrected chi connectivity index (χ2v) is 4.17. The van der Waals surface area contributed by atoms with Crippen molar-refractivity contribution < 1.29 is 14.3 Å². The number of carboxylic acids is 1. The molecule has 0 amide bonds. The van der Waals surface area contributed by atoms with E-state index in [0.717, 1.165) is 0 Å². The lowest BCUT2D eigenvalue weighted by atomic mass is 10.1. The van der Waals surface area contributed by atoms with E-state index < -0.39 is 17.7 Å². The van der Waals surface area contributed by atoms with Crippen LogP contribution >= 0.6 is 11.6 Å². The Balaban J connectivity index is 2.17. The molecule has 6 heteroatoms. The molecule has 0 spiro atoms. The number of carboxylic acid groups (broad SMARTS) is 1. The summed E-state index contributed by atoms with van der Waals surface area (Å²) in [7, 11) is 0. The molecule has 1 aromatic rings. The Morgan fingerprint density at radius 3 is 3.00 bits per heavy atom. The molecular formula is C10H10ClFN2O2. The van der Waals surface area contributed by atoms with Crippen molar-refractivity contribution >= 4 is 23.4 Å². The maximum atomic E-state index is 13.5. The zero-order valence-corrected chi connectivity index (χ0v) is 9.12. The van der Waals surface area contributed by atoms with Crippen molar-refractivity contribution in [3.8, 4) is 0 Å². The standard InChI is InChI=1S/C10H10ClFN2O2/c11-7-3-8(12)9(13-4-7)14-2-1-6(5-14)10(15)16/h3-4,6H,1-2,5H2,(H,15,16). The minimum atomic E-state index is -0.850. The minimum absolute atomic E-state index is 0.174. The molecule has 1 unspecified atom stereocenters. The van der Waals surface area contributed by atoms with Crippen molar-refractivity contribution in [3.05, 3.63) is 23.1 Å². The van der Waals surface area contributed by atoms with Gasteiger partial charge in [0.05, 0.1) is 10.9 Å². The van der Waals surface area contributed by atoms with Gasteiger partial charge < -0.3 is 10.0 Å². The van der Waals surface area contributed by atoms with Gasteiger partial charge in [-0.1, -0.05) is 11.6 Å². The van der Waals surface area contributed by atoms with Crippen molar-refractivity contribution in [1.29, 1.82) is 0 Å². The van der Waals surface area contributed by atoms with Crippen LogP contribution < -0.4 is 4.90 Å². The first-order valence-electron chi connectivity index (χ1n) is 4.86. The molecule has 1 aliphatic rings. The average molecular weight is 245 g/mol. The minimum Gasteiger partial charge on any atom is -0.481 e. The quantitative estimate of drug-likeness (QED) is 0.862. The van der Waals surface area contributed by atoms with Crippen LogP contribution in [-0.4, -0.2) is 29.1 Å². The van der Waals surface area contributed by atoms with E-state index in [1.807, 2.05) is 0 Å². The highest BCUT2D eigenvalue weighted by molar-refractivity contribution is 6.30. The summed E-state index contributed by atoms with van der Waals surface area (Å²) in [5.41, 5.74) is 0. The summed E-state index contributed by atoms with van der Waals surface area (Å²) >= 11 is 5.59. The molecule has 2 rings (SSSR count). The maximum absolute atomic E-state index is 13.5. The molecule has 1 saturated heterocycles. The molecule has 0 saturated carbocycles. The lowest BCUT2D eigenvalue weighted by molar-refractivity contribution is -0.140. The lowest BCUT2D eigenvalue weighted by Crippen LogP contribution is -2.24. The van der Waals surface area contributed by atoms with Crippen LogP contribution in [0.5, 0.6) is 0 Å². The van der Waals surface area contributed by atoms with Crippen LogP contribution in [0.3, 0.4) is 0 Å². The number of nitrogens with zero attached hydrogens (tertiary/aromatic N) is 2. The zero-order valence-electron chi connectivity index (χ0n) is 8.36. The molecular weight excluding hydrogens is 235 g/mol. The Bertz CT molecular complexity index is 427. The number of hydrogen-bond acceptors (Lipinski definition) is 3. The molecule has 86 valence electrons. The summed E-state index contributed by atoms with van der Waals surface area (Å²) in [5.74, 6) is -1.64. The van der Waals surface area contributed by atoms with E-state index in [9.17, 15) is 9.18 Å². The van der Waals surface area contributed by atoms with Gasteiger partial charge in [-0.25, -0.2) is 9.37 Å². The normalized spacial score (nSPS) is 20.1. The third-order valence-electron chi connectivity index (χ3n) is 2.63. The van der Waals surface area contributed by atoms with Gasteiger partial charge in [-0.05, 0) is 12.5 Å². The van der Waals surface area contributed by atoms with Crippen molar-refractivity contribution in [3.63, 3.8) is 0 Å². The summed E-state index contributed by atoms with van der Waals surface area (Å²) in [5, 5.41) is 9.06. The van der Waals surface area contributed by atoms with Gasteiger partial charge in [0, 0.05) is 19.3 Å². The van der Waals surface area contributed by atoms with E-state index in [1.165, 1.54) is 12.3 Å². The maximum Gasteiger partial charge on any atom is 0.308 e. The molecule has 1 N–H and O–H groups in total. The number of rotatable bonds is 2. The van der Waals surface area contributed by atoms with Gasteiger partial charge in [0.1, 0.15) is 0 Å². The Hall–Kier alpha value is -1.36. The van der Waals surface area contributed by atoms with Crippen LogP contribution in [0.1, 0.15) is 6.42 Å². The monoisotopic (exact) mass is 244 g/mol.